The molecule has 2 aliphatic rings. The summed E-state index contributed by atoms with van der Waals surface area (Å²) in [5.41, 5.74) is 4.68. The Morgan fingerprint density at radius 2 is 1.77 bits per heavy atom. The van der Waals surface area contributed by atoms with Gasteiger partial charge in [-0.05, 0) is 77.0 Å². The van der Waals surface area contributed by atoms with Gasteiger partial charge in [0.05, 0.1) is 46.2 Å². The van der Waals surface area contributed by atoms with Crippen molar-refractivity contribution in [1.29, 1.82) is 5.26 Å². The van der Waals surface area contributed by atoms with Crippen LogP contribution in [0.15, 0.2) is 54.9 Å². The zero-order chi connectivity index (χ0) is 30.8. The van der Waals surface area contributed by atoms with E-state index in [1.54, 1.807) is 6.20 Å². The summed E-state index contributed by atoms with van der Waals surface area (Å²) in [6, 6.07) is 16.6. The van der Waals surface area contributed by atoms with Crippen molar-refractivity contribution in [2.75, 3.05) is 23.7 Å². The van der Waals surface area contributed by atoms with Gasteiger partial charge in [0, 0.05) is 41.9 Å². The number of nitriles is 1. The molecule has 230 valence electrons. The lowest BCUT2D eigenvalue weighted by Crippen LogP contribution is -2.46. The highest BCUT2D eigenvalue weighted by Gasteiger charge is 2.29. The first-order valence-corrected chi connectivity index (χ1v) is 16.0. The maximum Gasteiger partial charge on any atom is 0.109 e. The van der Waals surface area contributed by atoms with Crippen LogP contribution in [0.2, 0.25) is 5.02 Å². The molecule has 10 heteroatoms. The van der Waals surface area contributed by atoms with E-state index in [2.05, 4.69) is 76.0 Å². The van der Waals surface area contributed by atoms with Gasteiger partial charge in [-0.25, -0.2) is 4.68 Å². The van der Waals surface area contributed by atoms with Crippen LogP contribution in [0.5, 0.6) is 0 Å². The fraction of sp³-hybridized carbons (Fsp3) is 0.471. The van der Waals surface area contributed by atoms with E-state index >= 15 is 0 Å². The summed E-state index contributed by atoms with van der Waals surface area (Å²) in [6.45, 7) is 8.89. The minimum Gasteiger partial charge on any atom is -0.393 e. The molecule has 0 amide bonds. The predicted molar refractivity (Wildman–Crippen MR) is 175 cm³/mol. The number of halogens is 1. The number of aliphatic hydroxyl groups is 1. The third-order valence-corrected chi connectivity index (χ3v) is 9.43. The van der Waals surface area contributed by atoms with Crippen LogP contribution in [0.1, 0.15) is 88.2 Å². The highest BCUT2D eigenvalue weighted by Crippen LogP contribution is 2.37. The molecule has 2 aromatic carbocycles. The summed E-state index contributed by atoms with van der Waals surface area (Å²) >= 11 is 6.83. The molecule has 44 heavy (non-hydrogen) atoms. The SMILES string of the molecule is CC(C)(C)N1CCC(n2cc([C@@H](Nc3cc(Cl)c4ncc(C#N)c(N[C@H]5CC[C@H](O)CC5)c4c3)c3ccccc3)nn2)CC1. The van der Waals surface area contributed by atoms with Crippen molar-refractivity contribution in [3.05, 3.63) is 76.7 Å². The number of aliphatic hydroxyl groups excluding tert-OH is 1. The molecule has 6 rings (SSSR count). The molecule has 4 aromatic rings. The average Bonchev–Trinajstić information content (AvgIpc) is 3.51. The molecule has 0 radical (unpaired) electrons. The van der Waals surface area contributed by atoms with Crippen LogP contribution in [0.3, 0.4) is 0 Å². The maximum absolute atomic E-state index is 10.00. The minimum absolute atomic E-state index is 0.161. The Morgan fingerprint density at radius 1 is 1.05 bits per heavy atom. The van der Waals surface area contributed by atoms with E-state index in [0.29, 0.717) is 22.1 Å². The normalized spacial score (nSPS) is 20.7. The van der Waals surface area contributed by atoms with Gasteiger partial charge in [-0.15, -0.1) is 5.10 Å². The number of pyridine rings is 1. The van der Waals surface area contributed by atoms with Gasteiger partial charge < -0.3 is 15.7 Å². The van der Waals surface area contributed by atoms with Crippen LogP contribution in [-0.4, -0.2) is 60.8 Å². The lowest BCUT2D eigenvalue weighted by molar-refractivity contribution is 0.0866. The number of piperidine rings is 1. The molecule has 1 aliphatic carbocycles. The highest BCUT2D eigenvalue weighted by atomic mass is 35.5. The van der Waals surface area contributed by atoms with Crippen molar-refractivity contribution in [2.24, 2.45) is 0 Å². The molecule has 3 N–H and O–H groups in total. The van der Waals surface area contributed by atoms with Gasteiger partial charge in [0.1, 0.15) is 11.8 Å². The van der Waals surface area contributed by atoms with Gasteiger partial charge in [-0.2, -0.15) is 5.26 Å². The highest BCUT2D eigenvalue weighted by molar-refractivity contribution is 6.35. The number of nitrogens with one attached hydrogen (secondary N) is 2. The number of benzene rings is 2. The molecule has 0 bridgehead atoms. The van der Waals surface area contributed by atoms with Crippen LogP contribution in [0, 0.1) is 11.3 Å². The Balaban J connectivity index is 1.31. The molecule has 1 aliphatic heterocycles. The summed E-state index contributed by atoms with van der Waals surface area (Å²) in [5.74, 6) is 0. The van der Waals surface area contributed by atoms with E-state index in [1.165, 1.54) is 0 Å². The van der Waals surface area contributed by atoms with Crippen molar-refractivity contribution >= 4 is 33.9 Å². The van der Waals surface area contributed by atoms with Crippen molar-refractivity contribution in [2.45, 2.75) is 89.1 Å². The Bertz CT molecular complexity index is 1630. The van der Waals surface area contributed by atoms with Gasteiger partial charge in [0.2, 0.25) is 0 Å². The minimum atomic E-state index is -0.267. The molecule has 2 fully saturated rings. The summed E-state index contributed by atoms with van der Waals surface area (Å²) in [5, 5.41) is 37.8. The van der Waals surface area contributed by atoms with Crippen molar-refractivity contribution in [3.63, 3.8) is 0 Å². The number of aromatic nitrogens is 4. The van der Waals surface area contributed by atoms with Crippen molar-refractivity contribution in [3.8, 4) is 6.07 Å². The fourth-order valence-electron chi connectivity index (χ4n) is 6.55. The third kappa shape index (κ3) is 6.53. The molecule has 2 aromatic heterocycles. The first kappa shape index (κ1) is 30.3. The number of anilines is 2. The topological polar surface area (TPSA) is 115 Å². The average molecular weight is 613 g/mol. The Labute approximate surface area is 264 Å². The summed E-state index contributed by atoms with van der Waals surface area (Å²) < 4.78 is 2.03. The second kappa shape index (κ2) is 12.7. The largest absolute Gasteiger partial charge is 0.393 e. The number of fused-ring (bicyclic) bond motifs is 1. The Morgan fingerprint density at radius 3 is 2.45 bits per heavy atom. The Hall–Kier alpha value is -3.71. The number of hydrogen-bond donors (Lipinski definition) is 3. The predicted octanol–water partition coefficient (Wildman–Crippen LogP) is 6.70. The first-order chi connectivity index (χ1) is 21.2. The van der Waals surface area contributed by atoms with Crippen molar-refractivity contribution < 1.29 is 5.11 Å². The summed E-state index contributed by atoms with van der Waals surface area (Å²) in [4.78, 5) is 7.07. The van der Waals surface area contributed by atoms with Gasteiger partial charge >= 0.3 is 0 Å². The zero-order valence-electron chi connectivity index (χ0n) is 25.7. The summed E-state index contributed by atoms with van der Waals surface area (Å²) in [6.07, 6.45) is 8.62. The smallest absolute Gasteiger partial charge is 0.109 e. The van der Waals surface area contributed by atoms with Gasteiger partial charge in [0.25, 0.3) is 0 Å². The van der Waals surface area contributed by atoms with Crippen molar-refractivity contribution in [1.82, 2.24) is 24.9 Å². The van der Waals surface area contributed by atoms with E-state index in [1.807, 2.05) is 35.0 Å². The molecular weight excluding hydrogens is 572 g/mol. The fourth-order valence-corrected chi connectivity index (χ4v) is 6.82. The number of rotatable bonds is 7. The van der Waals surface area contributed by atoms with Crippen LogP contribution in [0.25, 0.3) is 10.9 Å². The van der Waals surface area contributed by atoms with E-state index in [-0.39, 0.29) is 23.7 Å². The first-order valence-electron chi connectivity index (χ1n) is 15.6. The van der Waals surface area contributed by atoms with Crippen LogP contribution < -0.4 is 10.6 Å². The van der Waals surface area contributed by atoms with Crippen LogP contribution in [-0.2, 0) is 0 Å². The molecule has 0 spiro atoms. The van der Waals surface area contributed by atoms with Gasteiger partial charge in [-0.1, -0.05) is 47.1 Å². The monoisotopic (exact) mass is 612 g/mol. The Kier molecular flexibility index (Phi) is 8.77. The van der Waals surface area contributed by atoms with E-state index < -0.39 is 0 Å². The number of likely N-dealkylation sites (tertiary alicyclic amines) is 1. The van der Waals surface area contributed by atoms with E-state index in [0.717, 1.165) is 79.6 Å². The van der Waals surface area contributed by atoms with Crippen LogP contribution >= 0.6 is 11.6 Å². The van der Waals surface area contributed by atoms with E-state index in [9.17, 15) is 10.4 Å². The quantitative estimate of drug-likeness (QED) is 0.211. The standard InChI is InChI=1S/C34H41ClN8O/c1-34(2,3)42-15-13-26(14-16-42)43-21-30(40-41-43)32(22-7-5-4-6-8-22)39-25-17-28-31(38-24-9-11-27(44)12-10-24)23(19-36)20-37-33(28)29(35)18-25/h4-8,17-18,20-21,24,26-27,32,39,44H,9-16H2,1-3H3,(H,37,38)/t24-,27-,32-/m0/s1. The van der Waals surface area contributed by atoms with Crippen LogP contribution in [0.4, 0.5) is 11.4 Å². The maximum atomic E-state index is 10.00. The molecule has 3 heterocycles. The second-order valence-corrected chi connectivity index (χ2v) is 13.6. The molecule has 1 saturated carbocycles. The van der Waals surface area contributed by atoms with E-state index in [4.69, 9.17) is 11.6 Å². The third-order valence-electron chi connectivity index (χ3n) is 9.15. The summed E-state index contributed by atoms with van der Waals surface area (Å²) in [7, 11) is 0. The van der Waals surface area contributed by atoms with Gasteiger partial charge in [-0.3, -0.25) is 9.88 Å². The molecule has 1 atom stereocenters. The second-order valence-electron chi connectivity index (χ2n) is 13.2. The lowest BCUT2D eigenvalue weighted by atomic mass is 9.92. The number of nitrogens with zero attached hydrogens (tertiary/aromatic N) is 6. The number of hydrogen-bond acceptors (Lipinski definition) is 8. The molecular formula is C34H41ClN8O. The lowest BCUT2D eigenvalue weighted by Gasteiger charge is -2.40. The molecule has 0 unspecified atom stereocenters. The zero-order valence-corrected chi connectivity index (χ0v) is 26.4. The molecule has 1 saturated heterocycles. The molecule has 9 nitrogen and oxygen atoms in total. The van der Waals surface area contributed by atoms with Gasteiger partial charge in [0.15, 0.2) is 0 Å².